The van der Waals surface area contributed by atoms with Crippen molar-refractivity contribution in [3.8, 4) is 5.75 Å². The Hall–Kier alpha value is -1.32. The average molecular weight is 247 g/mol. The van der Waals surface area contributed by atoms with Gasteiger partial charge in [-0.2, -0.15) is 0 Å². The maximum atomic E-state index is 5.40. The van der Waals surface area contributed by atoms with Gasteiger partial charge >= 0.3 is 0 Å². The van der Waals surface area contributed by atoms with E-state index in [-0.39, 0.29) is 6.04 Å². The molecule has 0 amide bonds. The van der Waals surface area contributed by atoms with Crippen LogP contribution in [0.2, 0.25) is 0 Å². The summed E-state index contributed by atoms with van der Waals surface area (Å²) in [5.74, 6) is 0.963. The molecule has 1 aromatic carbocycles. The Morgan fingerprint density at radius 2 is 2.00 bits per heavy atom. The van der Waals surface area contributed by atoms with Crippen LogP contribution in [0.4, 0.5) is 0 Å². The molecule has 0 aliphatic heterocycles. The van der Waals surface area contributed by atoms with Crippen LogP contribution in [-0.2, 0) is 0 Å². The summed E-state index contributed by atoms with van der Waals surface area (Å²) in [4.78, 5) is 1.24. The predicted octanol–water partition coefficient (Wildman–Crippen LogP) is 3.46. The molecule has 1 N–H and O–H groups in total. The van der Waals surface area contributed by atoms with Gasteiger partial charge in [0.1, 0.15) is 5.75 Å². The zero-order valence-corrected chi connectivity index (χ0v) is 11.0. The van der Waals surface area contributed by atoms with Crippen LogP contribution in [0.1, 0.15) is 23.4 Å². The van der Waals surface area contributed by atoms with Crippen LogP contribution in [0.25, 0.3) is 0 Å². The summed E-state index contributed by atoms with van der Waals surface area (Å²) in [6, 6.07) is 12.7. The normalized spacial score (nSPS) is 12.4. The lowest BCUT2D eigenvalue weighted by atomic mass is 10.1. The molecular formula is C14H17NOS. The van der Waals surface area contributed by atoms with Crippen molar-refractivity contribution in [2.45, 2.75) is 13.0 Å². The van der Waals surface area contributed by atoms with Crippen LogP contribution in [-0.4, -0.2) is 13.7 Å². The molecular weight excluding hydrogens is 230 g/mol. The Morgan fingerprint density at radius 1 is 1.24 bits per heavy atom. The summed E-state index contributed by atoms with van der Waals surface area (Å²) in [5.41, 5.74) is 1.27. The topological polar surface area (TPSA) is 21.3 Å². The van der Waals surface area contributed by atoms with Gasteiger partial charge in [0.25, 0.3) is 0 Å². The van der Waals surface area contributed by atoms with Crippen molar-refractivity contribution in [1.29, 1.82) is 0 Å². The molecule has 1 atom stereocenters. The maximum Gasteiger partial charge on any atom is 0.134 e. The molecule has 2 nitrogen and oxygen atoms in total. The minimum atomic E-state index is 0.219. The van der Waals surface area contributed by atoms with Gasteiger partial charge in [-0.15, -0.1) is 11.3 Å². The number of hydrogen-bond acceptors (Lipinski definition) is 3. The Balaban J connectivity index is 2.36. The first kappa shape index (κ1) is 12.1. The molecule has 0 spiro atoms. The van der Waals surface area contributed by atoms with Gasteiger partial charge in [0.05, 0.1) is 18.0 Å². The minimum absolute atomic E-state index is 0.219. The fourth-order valence-corrected chi connectivity index (χ4v) is 2.86. The number of ether oxygens (including phenoxy) is 1. The molecule has 0 radical (unpaired) electrons. The first-order valence-corrected chi connectivity index (χ1v) is 6.64. The zero-order valence-electron chi connectivity index (χ0n) is 10.1. The highest BCUT2D eigenvalue weighted by Crippen LogP contribution is 2.34. The van der Waals surface area contributed by atoms with E-state index in [1.807, 2.05) is 12.1 Å². The summed E-state index contributed by atoms with van der Waals surface area (Å²) in [7, 11) is 1.72. The van der Waals surface area contributed by atoms with Crippen molar-refractivity contribution in [2.75, 3.05) is 13.7 Å². The van der Waals surface area contributed by atoms with E-state index in [1.165, 1.54) is 10.4 Å². The monoisotopic (exact) mass is 247 g/mol. The van der Waals surface area contributed by atoms with Crippen LogP contribution in [0.3, 0.4) is 0 Å². The lowest BCUT2D eigenvalue weighted by Gasteiger charge is -2.18. The molecule has 0 saturated heterocycles. The third kappa shape index (κ3) is 2.68. The van der Waals surface area contributed by atoms with Gasteiger partial charge in [-0.05, 0) is 23.6 Å². The van der Waals surface area contributed by atoms with Gasteiger partial charge in [-0.3, -0.25) is 0 Å². The Labute approximate surface area is 106 Å². The van der Waals surface area contributed by atoms with Crippen LogP contribution in [0, 0.1) is 0 Å². The highest BCUT2D eigenvalue weighted by Gasteiger charge is 2.18. The molecule has 0 bridgehead atoms. The van der Waals surface area contributed by atoms with Gasteiger partial charge in [-0.1, -0.05) is 37.3 Å². The predicted molar refractivity (Wildman–Crippen MR) is 72.8 cm³/mol. The zero-order chi connectivity index (χ0) is 12.1. The van der Waals surface area contributed by atoms with E-state index in [4.69, 9.17) is 4.74 Å². The summed E-state index contributed by atoms with van der Waals surface area (Å²) < 4.78 is 5.40. The van der Waals surface area contributed by atoms with Crippen molar-refractivity contribution in [3.05, 3.63) is 52.2 Å². The number of methoxy groups -OCH3 is 1. The first-order chi connectivity index (χ1) is 8.36. The van der Waals surface area contributed by atoms with Crippen LogP contribution in [0.5, 0.6) is 5.75 Å². The van der Waals surface area contributed by atoms with Crippen LogP contribution in [0.15, 0.2) is 41.8 Å². The first-order valence-electron chi connectivity index (χ1n) is 5.76. The second kappa shape index (κ2) is 5.84. The fourth-order valence-electron chi connectivity index (χ4n) is 1.90. The Kier molecular flexibility index (Phi) is 4.18. The second-order valence-corrected chi connectivity index (χ2v) is 4.70. The summed E-state index contributed by atoms with van der Waals surface area (Å²) >= 11 is 1.73. The van der Waals surface area contributed by atoms with E-state index in [1.54, 1.807) is 18.4 Å². The largest absolute Gasteiger partial charge is 0.496 e. The van der Waals surface area contributed by atoms with Crippen molar-refractivity contribution < 1.29 is 4.74 Å². The van der Waals surface area contributed by atoms with Crippen LogP contribution >= 0.6 is 11.3 Å². The van der Waals surface area contributed by atoms with Crippen molar-refractivity contribution in [2.24, 2.45) is 0 Å². The SMILES string of the molecule is CCNC(c1ccccc1)c1sccc1OC. The fraction of sp³-hybridized carbons (Fsp3) is 0.286. The lowest BCUT2D eigenvalue weighted by Crippen LogP contribution is -2.21. The molecule has 0 aliphatic rings. The van der Waals surface area contributed by atoms with E-state index in [2.05, 4.69) is 41.9 Å². The molecule has 3 heteroatoms. The standard InChI is InChI=1S/C14H17NOS/c1-3-15-13(11-7-5-4-6-8-11)14-12(16-2)9-10-17-14/h4-10,13,15H,3H2,1-2H3. The maximum absolute atomic E-state index is 5.40. The average Bonchev–Trinajstić information content (AvgIpc) is 2.85. The highest BCUT2D eigenvalue weighted by molar-refractivity contribution is 7.10. The number of nitrogens with one attached hydrogen (secondary N) is 1. The van der Waals surface area contributed by atoms with Gasteiger partial charge < -0.3 is 10.1 Å². The van der Waals surface area contributed by atoms with Crippen LogP contribution < -0.4 is 10.1 Å². The number of hydrogen-bond donors (Lipinski definition) is 1. The highest BCUT2D eigenvalue weighted by atomic mass is 32.1. The molecule has 0 saturated carbocycles. The van der Waals surface area contributed by atoms with Gasteiger partial charge in [0.15, 0.2) is 0 Å². The lowest BCUT2D eigenvalue weighted by molar-refractivity contribution is 0.408. The van der Waals surface area contributed by atoms with Crippen molar-refractivity contribution >= 4 is 11.3 Å². The Morgan fingerprint density at radius 3 is 2.65 bits per heavy atom. The van der Waals surface area contributed by atoms with Crippen molar-refractivity contribution in [3.63, 3.8) is 0 Å². The molecule has 0 aliphatic carbocycles. The number of rotatable bonds is 5. The third-order valence-corrected chi connectivity index (χ3v) is 3.64. The molecule has 17 heavy (non-hydrogen) atoms. The summed E-state index contributed by atoms with van der Waals surface area (Å²) in [6.07, 6.45) is 0. The second-order valence-electron chi connectivity index (χ2n) is 3.75. The summed E-state index contributed by atoms with van der Waals surface area (Å²) in [6.45, 7) is 3.05. The van der Waals surface area contributed by atoms with Gasteiger partial charge in [0.2, 0.25) is 0 Å². The Bertz CT molecular complexity index is 452. The van der Waals surface area contributed by atoms with Gasteiger partial charge in [0, 0.05) is 0 Å². The van der Waals surface area contributed by atoms with E-state index in [9.17, 15) is 0 Å². The molecule has 0 fully saturated rings. The van der Waals surface area contributed by atoms with E-state index in [0.29, 0.717) is 0 Å². The van der Waals surface area contributed by atoms with E-state index < -0.39 is 0 Å². The van der Waals surface area contributed by atoms with Crippen molar-refractivity contribution in [1.82, 2.24) is 5.32 Å². The third-order valence-electron chi connectivity index (χ3n) is 2.68. The number of benzene rings is 1. The molecule has 90 valence electrons. The minimum Gasteiger partial charge on any atom is -0.496 e. The van der Waals surface area contributed by atoms with E-state index >= 15 is 0 Å². The quantitative estimate of drug-likeness (QED) is 0.873. The molecule has 1 unspecified atom stereocenters. The molecule has 2 aromatic rings. The van der Waals surface area contributed by atoms with Gasteiger partial charge in [-0.25, -0.2) is 0 Å². The smallest absolute Gasteiger partial charge is 0.134 e. The number of thiophene rings is 1. The molecule has 1 heterocycles. The molecule has 2 rings (SSSR count). The van der Waals surface area contributed by atoms with E-state index in [0.717, 1.165) is 12.3 Å². The molecule has 1 aromatic heterocycles. The summed E-state index contributed by atoms with van der Waals surface area (Å²) in [5, 5.41) is 5.58.